The van der Waals surface area contributed by atoms with Crippen LogP contribution in [-0.2, 0) is 11.8 Å². The van der Waals surface area contributed by atoms with Gasteiger partial charge >= 0.3 is 0 Å². The van der Waals surface area contributed by atoms with Gasteiger partial charge in [-0.1, -0.05) is 57.2 Å². The third-order valence-corrected chi connectivity index (χ3v) is 6.81. The second kappa shape index (κ2) is 8.70. The maximum absolute atomic E-state index is 5.30. The fourth-order valence-corrected chi connectivity index (χ4v) is 4.85. The molecule has 4 nitrogen and oxygen atoms in total. The van der Waals surface area contributed by atoms with E-state index in [4.69, 9.17) is 4.74 Å². The summed E-state index contributed by atoms with van der Waals surface area (Å²) in [5, 5.41) is 7.58. The van der Waals surface area contributed by atoms with Gasteiger partial charge in [-0.05, 0) is 66.6 Å². The Bertz CT molecular complexity index is 817. The first kappa shape index (κ1) is 21.4. The Labute approximate surface area is 182 Å². The third-order valence-electron chi connectivity index (χ3n) is 6.81. The second-order valence-corrected chi connectivity index (χ2v) is 10.0. The summed E-state index contributed by atoms with van der Waals surface area (Å²) in [5.74, 6) is 0.923. The van der Waals surface area contributed by atoms with E-state index in [9.17, 15) is 0 Å². The van der Waals surface area contributed by atoms with Crippen LogP contribution < -0.4 is 15.4 Å². The van der Waals surface area contributed by atoms with Crippen LogP contribution >= 0.6 is 0 Å². The van der Waals surface area contributed by atoms with Gasteiger partial charge in [0, 0.05) is 18.6 Å². The number of piperidine rings is 1. The molecule has 1 spiro atoms. The van der Waals surface area contributed by atoms with Gasteiger partial charge in [0.15, 0.2) is 0 Å². The van der Waals surface area contributed by atoms with Gasteiger partial charge in [-0.3, -0.25) is 10.2 Å². The van der Waals surface area contributed by atoms with Gasteiger partial charge in [-0.15, -0.1) is 0 Å². The van der Waals surface area contributed by atoms with Crippen molar-refractivity contribution in [1.82, 2.24) is 15.5 Å². The Morgan fingerprint density at radius 2 is 1.67 bits per heavy atom. The highest BCUT2D eigenvalue weighted by atomic mass is 16.5. The molecule has 0 bridgehead atoms. The Balaban J connectivity index is 1.52. The molecule has 2 saturated heterocycles. The van der Waals surface area contributed by atoms with Crippen LogP contribution in [-0.4, -0.2) is 43.7 Å². The molecule has 1 atom stereocenters. The number of benzene rings is 2. The lowest BCUT2D eigenvalue weighted by molar-refractivity contribution is 0.241. The van der Waals surface area contributed by atoms with Crippen molar-refractivity contribution in [3.63, 3.8) is 0 Å². The number of methoxy groups -OCH3 is 1. The fourth-order valence-electron chi connectivity index (χ4n) is 4.85. The molecule has 2 N–H and O–H groups in total. The lowest BCUT2D eigenvalue weighted by Gasteiger charge is -2.34. The summed E-state index contributed by atoms with van der Waals surface area (Å²) >= 11 is 0. The Hall–Kier alpha value is -1.88. The largest absolute Gasteiger partial charge is 0.497 e. The van der Waals surface area contributed by atoms with Crippen LogP contribution in [0.5, 0.6) is 5.75 Å². The maximum Gasteiger partial charge on any atom is 0.118 e. The smallest absolute Gasteiger partial charge is 0.118 e. The summed E-state index contributed by atoms with van der Waals surface area (Å²) in [7, 11) is 1.72. The molecule has 30 heavy (non-hydrogen) atoms. The van der Waals surface area contributed by atoms with Crippen LogP contribution in [0.15, 0.2) is 48.5 Å². The van der Waals surface area contributed by atoms with E-state index in [1.165, 1.54) is 29.5 Å². The summed E-state index contributed by atoms with van der Waals surface area (Å²) in [6.45, 7) is 11.2. The van der Waals surface area contributed by atoms with Crippen LogP contribution in [0, 0.1) is 0 Å². The first-order chi connectivity index (χ1) is 14.4. The molecule has 0 amide bonds. The van der Waals surface area contributed by atoms with Gasteiger partial charge in [0.25, 0.3) is 0 Å². The van der Waals surface area contributed by atoms with Crippen LogP contribution in [0.1, 0.15) is 56.5 Å². The average molecular weight is 408 g/mol. The molecule has 2 aromatic carbocycles. The lowest BCUT2D eigenvalue weighted by Crippen LogP contribution is -2.51. The second-order valence-electron chi connectivity index (χ2n) is 10.0. The van der Waals surface area contributed by atoms with Crippen LogP contribution in [0.25, 0.3) is 0 Å². The number of hydrogen-bond donors (Lipinski definition) is 2. The highest BCUT2D eigenvalue weighted by molar-refractivity contribution is 5.31. The first-order valence-electron chi connectivity index (χ1n) is 11.3. The van der Waals surface area contributed by atoms with Crippen LogP contribution in [0.3, 0.4) is 0 Å². The van der Waals surface area contributed by atoms with E-state index in [2.05, 4.69) is 84.8 Å². The monoisotopic (exact) mass is 407 g/mol. The summed E-state index contributed by atoms with van der Waals surface area (Å²) in [4.78, 5) is 2.65. The van der Waals surface area contributed by atoms with E-state index in [0.29, 0.717) is 0 Å². The number of nitrogens with zero attached hydrogens (tertiary/aromatic N) is 1. The van der Waals surface area contributed by atoms with E-state index in [-0.39, 0.29) is 17.1 Å². The molecule has 0 aliphatic carbocycles. The van der Waals surface area contributed by atoms with Crippen molar-refractivity contribution in [1.29, 1.82) is 0 Å². The van der Waals surface area contributed by atoms with Gasteiger partial charge < -0.3 is 10.1 Å². The van der Waals surface area contributed by atoms with Crippen molar-refractivity contribution in [3.05, 3.63) is 65.2 Å². The maximum atomic E-state index is 5.30. The quantitative estimate of drug-likeness (QED) is 0.776. The molecule has 2 aromatic rings. The van der Waals surface area contributed by atoms with Crippen molar-refractivity contribution in [3.8, 4) is 5.75 Å². The SMILES string of the molecule is COc1ccc(CCN2CC3(CCNCC3)NC2c2ccc(C(C)(C)C)cc2)cc1. The van der Waals surface area contributed by atoms with Crippen molar-refractivity contribution < 1.29 is 4.74 Å². The summed E-state index contributed by atoms with van der Waals surface area (Å²) in [5.41, 5.74) is 4.56. The van der Waals surface area contributed by atoms with E-state index >= 15 is 0 Å². The molecule has 162 valence electrons. The summed E-state index contributed by atoms with van der Waals surface area (Å²) in [6.07, 6.45) is 3.73. The fraction of sp³-hybridized carbons (Fsp3) is 0.538. The van der Waals surface area contributed by atoms with E-state index in [1.807, 2.05) is 0 Å². The standard InChI is InChI=1S/C26H37N3O/c1-25(2,3)22-9-7-21(8-10-22)24-28-26(14-16-27-17-15-26)19-29(24)18-13-20-5-11-23(30-4)12-6-20/h5-12,24,27-28H,13-19H2,1-4H3. The zero-order valence-corrected chi connectivity index (χ0v) is 19.0. The zero-order valence-electron chi connectivity index (χ0n) is 19.0. The van der Waals surface area contributed by atoms with Gasteiger partial charge in [0.2, 0.25) is 0 Å². The molecule has 0 radical (unpaired) electrons. The summed E-state index contributed by atoms with van der Waals surface area (Å²) in [6, 6.07) is 17.8. The number of hydrogen-bond acceptors (Lipinski definition) is 4. The van der Waals surface area contributed by atoms with Gasteiger partial charge in [0.05, 0.1) is 13.3 Å². The Morgan fingerprint density at radius 1 is 1.00 bits per heavy atom. The molecule has 4 heteroatoms. The molecule has 2 heterocycles. The highest BCUT2D eigenvalue weighted by Crippen LogP contribution is 2.35. The molecule has 0 saturated carbocycles. The van der Waals surface area contributed by atoms with Crippen LogP contribution in [0.4, 0.5) is 0 Å². The normalized spacial score (nSPS) is 21.8. The van der Waals surface area contributed by atoms with Crippen molar-refractivity contribution in [2.24, 2.45) is 0 Å². The average Bonchev–Trinajstić information content (AvgIpc) is 3.10. The minimum atomic E-state index is 0.186. The molecule has 0 aromatic heterocycles. The molecule has 1 unspecified atom stereocenters. The minimum Gasteiger partial charge on any atom is -0.497 e. The highest BCUT2D eigenvalue weighted by Gasteiger charge is 2.44. The molecule has 2 fully saturated rings. The zero-order chi connectivity index (χ0) is 21.2. The molecule has 4 rings (SSSR count). The minimum absolute atomic E-state index is 0.186. The predicted octanol–water partition coefficient (Wildman–Crippen LogP) is 4.26. The van der Waals surface area contributed by atoms with Crippen LogP contribution in [0.2, 0.25) is 0 Å². The Morgan fingerprint density at radius 3 is 2.27 bits per heavy atom. The lowest BCUT2D eigenvalue weighted by atomic mass is 9.86. The molecule has 2 aliphatic heterocycles. The van der Waals surface area contributed by atoms with E-state index in [0.717, 1.165) is 38.3 Å². The molecule has 2 aliphatic rings. The van der Waals surface area contributed by atoms with Crippen molar-refractivity contribution in [2.75, 3.05) is 33.3 Å². The van der Waals surface area contributed by atoms with Gasteiger partial charge in [-0.25, -0.2) is 0 Å². The predicted molar refractivity (Wildman–Crippen MR) is 124 cm³/mol. The van der Waals surface area contributed by atoms with E-state index < -0.39 is 0 Å². The first-order valence-corrected chi connectivity index (χ1v) is 11.3. The molecular formula is C26H37N3O. The topological polar surface area (TPSA) is 36.5 Å². The number of nitrogens with one attached hydrogen (secondary N) is 2. The number of ether oxygens (including phenoxy) is 1. The van der Waals surface area contributed by atoms with Gasteiger partial charge in [-0.2, -0.15) is 0 Å². The third kappa shape index (κ3) is 4.72. The van der Waals surface area contributed by atoms with Crippen molar-refractivity contribution >= 4 is 0 Å². The summed E-state index contributed by atoms with van der Waals surface area (Å²) < 4.78 is 5.30. The molecular weight excluding hydrogens is 370 g/mol. The van der Waals surface area contributed by atoms with Crippen molar-refractivity contribution in [2.45, 2.75) is 57.2 Å². The van der Waals surface area contributed by atoms with Gasteiger partial charge in [0.1, 0.15) is 5.75 Å². The Kier molecular flexibility index (Phi) is 6.19. The number of rotatable bonds is 5. The van der Waals surface area contributed by atoms with E-state index in [1.54, 1.807) is 7.11 Å².